The molecule has 0 spiro atoms. The first kappa shape index (κ1) is 21.9. The van der Waals surface area contributed by atoms with E-state index in [0.29, 0.717) is 17.1 Å². The van der Waals surface area contributed by atoms with Crippen molar-refractivity contribution in [1.29, 1.82) is 0 Å². The van der Waals surface area contributed by atoms with Crippen LogP contribution in [0.15, 0.2) is 54.4 Å². The summed E-state index contributed by atoms with van der Waals surface area (Å²) in [5.41, 5.74) is 6.35. The third-order valence-corrected chi connectivity index (χ3v) is 5.16. The van der Waals surface area contributed by atoms with Gasteiger partial charge in [0.1, 0.15) is 11.5 Å². The van der Waals surface area contributed by atoms with Gasteiger partial charge in [0.05, 0.1) is 26.1 Å². The number of methoxy groups -OCH3 is 2. The highest BCUT2D eigenvalue weighted by Gasteiger charge is 2.22. The SMILES string of the molecule is COc1c(C)c(-c2ccc(Nc3cccnc3)cc2)c(OC)c(C)c1C=C(C)C(=O)O. The quantitative estimate of drug-likeness (QED) is 0.485. The Bertz CT molecular complexity index is 1120. The Morgan fingerprint density at radius 1 is 1.00 bits per heavy atom. The Morgan fingerprint density at radius 3 is 2.23 bits per heavy atom. The molecule has 6 nitrogen and oxygen atoms in total. The third-order valence-electron chi connectivity index (χ3n) is 5.16. The number of carboxylic acids is 1. The number of carboxylic acid groups (broad SMARTS) is 1. The van der Waals surface area contributed by atoms with E-state index in [1.807, 2.05) is 50.2 Å². The summed E-state index contributed by atoms with van der Waals surface area (Å²) in [7, 11) is 3.21. The Morgan fingerprint density at radius 2 is 1.68 bits per heavy atom. The summed E-state index contributed by atoms with van der Waals surface area (Å²) in [5, 5.41) is 12.6. The van der Waals surface area contributed by atoms with Crippen molar-refractivity contribution in [3.05, 3.63) is 71.1 Å². The predicted molar refractivity (Wildman–Crippen MR) is 123 cm³/mol. The van der Waals surface area contributed by atoms with Crippen molar-refractivity contribution in [2.24, 2.45) is 0 Å². The fourth-order valence-electron chi connectivity index (χ4n) is 3.61. The molecule has 0 unspecified atom stereocenters. The van der Waals surface area contributed by atoms with Crippen LogP contribution in [0.1, 0.15) is 23.6 Å². The summed E-state index contributed by atoms with van der Waals surface area (Å²) in [6, 6.07) is 11.8. The molecule has 6 heteroatoms. The van der Waals surface area contributed by atoms with E-state index in [2.05, 4.69) is 10.3 Å². The van der Waals surface area contributed by atoms with Crippen LogP contribution in [0.5, 0.6) is 11.5 Å². The number of nitrogens with one attached hydrogen (secondary N) is 1. The van der Waals surface area contributed by atoms with Gasteiger partial charge in [0, 0.05) is 39.7 Å². The summed E-state index contributed by atoms with van der Waals surface area (Å²) in [6.45, 7) is 5.42. The number of benzene rings is 2. The summed E-state index contributed by atoms with van der Waals surface area (Å²) < 4.78 is 11.5. The van der Waals surface area contributed by atoms with Crippen LogP contribution < -0.4 is 14.8 Å². The molecular weight excluding hydrogens is 392 g/mol. The molecule has 3 aromatic rings. The number of carbonyl (C=O) groups is 1. The van der Waals surface area contributed by atoms with Gasteiger partial charge in [0.25, 0.3) is 0 Å². The normalized spacial score (nSPS) is 11.2. The number of hydrogen-bond acceptors (Lipinski definition) is 5. The molecule has 2 aromatic carbocycles. The smallest absolute Gasteiger partial charge is 0.331 e. The lowest BCUT2D eigenvalue weighted by atomic mass is 9.91. The van der Waals surface area contributed by atoms with Crippen LogP contribution in [0.25, 0.3) is 17.2 Å². The summed E-state index contributed by atoms with van der Waals surface area (Å²) in [5.74, 6) is 0.348. The van der Waals surface area contributed by atoms with Crippen LogP contribution in [-0.2, 0) is 4.79 Å². The van der Waals surface area contributed by atoms with Crippen LogP contribution in [0.3, 0.4) is 0 Å². The second kappa shape index (κ2) is 9.34. The summed E-state index contributed by atoms with van der Waals surface area (Å²) in [6.07, 6.45) is 5.12. The van der Waals surface area contributed by atoms with E-state index in [0.717, 1.165) is 33.6 Å². The van der Waals surface area contributed by atoms with Crippen LogP contribution in [0.4, 0.5) is 11.4 Å². The number of aromatic nitrogens is 1. The predicted octanol–water partition coefficient (Wildman–Crippen LogP) is 5.61. The van der Waals surface area contributed by atoms with E-state index >= 15 is 0 Å². The van der Waals surface area contributed by atoms with E-state index in [-0.39, 0.29) is 5.57 Å². The van der Waals surface area contributed by atoms with Gasteiger partial charge >= 0.3 is 5.97 Å². The lowest BCUT2D eigenvalue weighted by Crippen LogP contribution is -2.03. The first-order chi connectivity index (χ1) is 14.9. The maximum atomic E-state index is 11.4. The number of anilines is 2. The lowest BCUT2D eigenvalue weighted by Gasteiger charge is -2.21. The molecule has 3 rings (SSSR count). The maximum absolute atomic E-state index is 11.4. The zero-order valence-corrected chi connectivity index (χ0v) is 18.3. The number of nitrogens with zero attached hydrogens (tertiary/aromatic N) is 1. The molecule has 0 atom stereocenters. The molecule has 0 saturated carbocycles. The van der Waals surface area contributed by atoms with Crippen LogP contribution in [0.2, 0.25) is 0 Å². The van der Waals surface area contributed by atoms with Gasteiger partial charge < -0.3 is 19.9 Å². The monoisotopic (exact) mass is 418 g/mol. The van der Waals surface area contributed by atoms with Gasteiger partial charge in [-0.2, -0.15) is 0 Å². The highest BCUT2D eigenvalue weighted by Crippen LogP contribution is 2.44. The minimum absolute atomic E-state index is 0.224. The number of rotatable bonds is 7. The molecule has 1 aromatic heterocycles. The maximum Gasteiger partial charge on any atom is 0.331 e. The van der Waals surface area contributed by atoms with E-state index in [1.54, 1.807) is 39.6 Å². The number of hydrogen-bond donors (Lipinski definition) is 2. The van der Waals surface area contributed by atoms with Crippen molar-refractivity contribution >= 4 is 23.4 Å². The molecule has 0 aliphatic heterocycles. The molecule has 0 fully saturated rings. The van der Waals surface area contributed by atoms with Crippen LogP contribution in [-0.4, -0.2) is 30.3 Å². The second-order valence-electron chi connectivity index (χ2n) is 7.18. The van der Waals surface area contributed by atoms with E-state index < -0.39 is 5.97 Å². The van der Waals surface area contributed by atoms with Crippen molar-refractivity contribution in [2.75, 3.05) is 19.5 Å². The first-order valence-corrected chi connectivity index (χ1v) is 9.81. The zero-order chi connectivity index (χ0) is 22.5. The molecule has 1 heterocycles. The van der Waals surface area contributed by atoms with Gasteiger partial charge in [-0.05, 0) is 56.7 Å². The van der Waals surface area contributed by atoms with Crippen molar-refractivity contribution < 1.29 is 19.4 Å². The van der Waals surface area contributed by atoms with Gasteiger partial charge in [0.15, 0.2) is 0 Å². The Labute approximate surface area is 182 Å². The standard InChI is InChI=1S/C25H26N2O4/c1-15(25(28)29)13-21-16(2)24(31-5)22(17(3)23(21)30-4)18-8-10-19(11-9-18)27-20-7-6-12-26-14-20/h6-14,27H,1-5H3,(H,28,29). The van der Waals surface area contributed by atoms with Crippen LogP contribution >= 0.6 is 0 Å². The Kier molecular flexibility index (Phi) is 6.60. The Hall–Kier alpha value is -3.80. The second-order valence-corrected chi connectivity index (χ2v) is 7.18. The first-order valence-electron chi connectivity index (χ1n) is 9.81. The van der Waals surface area contributed by atoms with Crippen molar-refractivity contribution in [1.82, 2.24) is 4.98 Å². The largest absolute Gasteiger partial charge is 0.496 e. The van der Waals surface area contributed by atoms with E-state index in [4.69, 9.17) is 9.47 Å². The molecule has 0 saturated heterocycles. The van der Waals surface area contributed by atoms with Gasteiger partial charge in [-0.15, -0.1) is 0 Å². The molecular formula is C25H26N2O4. The minimum atomic E-state index is -0.973. The number of aliphatic carboxylic acids is 1. The van der Waals surface area contributed by atoms with Gasteiger partial charge in [0.2, 0.25) is 0 Å². The average molecular weight is 418 g/mol. The summed E-state index contributed by atoms with van der Waals surface area (Å²) >= 11 is 0. The Balaban J connectivity index is 2.10. The number of pyridine rings is 1. The molecule has 0 aliphatic rings. The average Bonchev–Trinajstić information content (AvgIpc) is 2.77. The van der Waals surface area contributed by atoms with Crippen molar-refractivity contribution in [3.8, 4) is 22.6 Å². The van der Waals surface area contributed by atoms with Gasteiger partial charge in [-0.1, -0.05) is 12.1 Å². The summed E-state index contributed by atoms with van der Waals surface area (Å²) in [4.78, 5) is 15.5. The number of ether oxygens (including phenoxy) is 2. The minimum Gasteiger partial charge on any atom is -0.496 e. The van der Waals surface area contributed by atoms with Crippen molar-refractivity contribution in [2.45, 2.75) is 20.8 Å². The topological polar surface area (TPSA) is 80.7 Å². The fourth-order valence-corrected chi connectivity index (χ4v) is 3.61. The van der Waals surface area contributed by atoms with Gasteiger partial charge in [-0.25, -0.2) is 4.79 Å². The third kappa shape index (κ3) is 4.53. The zero-order valence-electron chi connectivity index (χ0n) is 18.3. The molecule has 2 N–H and O–H groups in total. The molecule has 160 valence electrons. The van der Waals surface area contributed by atoms with E-state index in [1.165, 1.54) is 0 Å². The van der Waals surface area contributed by atoms with E-state index in [9.17, 15) is 9.90 Å². The highest BCUT2D eigenvalue weighted by atomic mass is 16.5. The highest BCUT2D eigenvalue weighted by molar-refractivity contribution is 5.93. The molecule has 0 bridgehead atoms. The lowest BCUT2D eigenvalue weighted by molar-refractivity contribution is -0.132. The fraction of sp³-hybridized carbons (Fsp3) is 0.200. The molecule has 0 amide bonds. The van der Waals surface area contributed by atoms with Crippen LogP contribution in [0, 0.1) is 13.8 Å². The molecule has 0 aliphatic carbocycles. The molecule has 0 radical (unpaired) electrons. The molecule has 31 heavy (non-hydrogen) atoms. The van der Waals surface area contributed by atoms with Crippen molar-refractivity contribution in [3.63, 3.8) is 0 Å². The van der Waals surface area contributed by atoms with Gasteiger partial charge in [-0.3, -0.25) is 4.98 Å².